The average molecular weight is 415 g/mol. The van der Waals surface area contributed by atoms with Crippen LogP contribution in [0.3, 0.4) is 0 Å². The van der Waals surface area contributed by atoms with Crippen molar-refractivity contribution >= 4 is 5.97 Å². The number of nitrogens with two attached hydrogens (primary N) is 1. The Hall–Kier alpha value is -3.56. The van der Waals surface area contributed by atoms with Gasteiger partial charge in [-0.1, -0.05) is 39.0 Å². The maximum atomic E-state index is 11.8. The van der Waals surface area contributed by atoms with Gasteiger partial charge in [0, 0.05) is 5.92 Å². The van der Waals surface area contributed by atoms with Crippen LogP contribution in [0, 0.1) is 56.7 Å². The topological polar surface area (TPSA) is 124 Å². The van der Waals surface area contributed by atoms with E-state index in [1.165, 1.54) is 7.11 Å². The number of hydrogen-bond donors (Lipinski definition) is 1. The van der Waals surface area contributed by atoms with Gasteiger partial charge in [0.05, 0.1) is 42.2 Å². The van der Waals surface area contributed by atoms with Crippen LogP contribution in [0.25, 0.3) is 0 Å². The lowest BCUT2D eigenvalue weighted by Crippen LogP contribution is -2.43. The molecule has 6 nitrogen and oxygen atoms in total. The number of hydrogen-bond acceptors (Lipinski definition) is 6. The Bertz CT molecular complexity index is 1070. The summed E-state index contributed by atoms with van der Waals surface area (Å²) in [5.74, 6) is -0.705. The quantitative estimate of drug-likeness (QED) is 0.567. The van der Waals surface area contributed by atoms with Crippen LogP contribution in [0.15, 0.2) is 47.2 Å². The van der Waals surface area contributed by atoms with Gasteiger partial charge in [0.2, 0.25) is 5.41 Å². The van der Waals surface area contributed by atoms with Crippen molar-refractivity contribution in [1.29, 1.82) is 15.8 Å². The number of carbonyl (C=O) groups is 1. The van der Waals surface area contributed by atoms with E-state index in [0.717, 1.165) is 18.4 Å². The van der Waals surface area contributed by atoms with Crippen LogP contribution >= 0.6 is 0 Å². The van der Waals surface area contributed by atoms with E-state index < -0.39 is 11.4 Å². The molecule has 0 unspecified atom stereocenters. The van der Waals surface area contributed by atoms with Crippen LogP contribution in [0.4, 0.5) is 0 Å². The molecule has 3 atom stereocenters. The molecule has 6 heteroatoms. The molecule has 158 valence electrons. The summed E-state index contributed by atoms with van der Waals surface area (Å²) in [6, 6.07) is 13.3. The lowest BCUT2D eigenvalue weighted by Gasteiger charge is -2.46. The zero-order valence-electron chi connectivity index (χ0n) is 18.3. The van der Waals surface area contributed by atoms with Crippen LogP contribution < -0.4 is 5.73 Å². The molecule has 31 heavy (non-hydrogen) atoms. The van der Waals surface area contributed by atoms with Crippen molar-refractivity contribution in [2.45, 2.75) is 39.5 Å². The van der Waals surface area contributed by atoms with Gasteiger partial charge in [0.15, 0.2) is 0 Å². The lowest BCUT2D eigenvalue weighted by atomic mass is 9.55. The zero-order chi connectivity index (χ0) is 23.0. The SMILES string of the molecule is COC(=O)c1ccc([C@H]2C(C#N)=C(N)C(C#N)(C#N)C3=CC[C@H](C(C)(C)C)C[C@@H]32)cc1. The first kappa shape index (κ1) is 22.1. The third kappa shape index (κ3) is 3.47. The molecular formula is C25H26N4O2. The van der Waals surface area contributed by atoms with Gasteiger partial charge in [0.1, 0.15) is 0 Å². The number of methoxy groups -OCH3 is 1. The normalized spacial score (nSPS) is 24.7. The summed E-state index contributed by atoms with van der Waals surface area (Å²) in [6.07, 6.45) is 3.49. The Morgan fingerprint density at radius 2 is 1.77 bits per heavy atom. The predicted octanol–water partition coefficient (Wildman–Crippen LogP) is 4.34. The van der Waals surface area contributed by atoms with Crippen molar-refractivity contribution in [3.63, 3.8) is 0 Å². The molecule has 0 radical (unpaired) electrons. The van der Waals surface area contributed by atoms with Crippen LogP contribution in [0.2, 0.25) is 0 Å². The van der Waals surface area contributed by atoms with E-state index in [1.807, 2.05) is 6.08 Å². The minimum absolute atomic E-state index is 0.0127. The van der Waals surface area contributed by atoms with E-state index in [2.05, 4.69) is 39.0 Å². The van der Waals surface area contributed by atoms with Gasteiger partial charge in [-0.05, 0) is 53.4 Å². The van der Waals surface area contributed by atoms with Crippen molar-refractivity contribution in [1.82, 2.24) is 0 Å². The number of ether oxygens (including phenoxy) is 1. The number of esters is 1. The van der Waals surface area contributed by atoms with Crippen LogP contribution in [0.1, 0.15) is 55.5 Å². The zero-order valence-corrected chi connectivity index (χ0v) is 18.3. The van der Waals surface area contributed by atoms with Crippen LogP contribution in [-0.4, -0.2) is 13.1 Å². The lowest BCUT2D eigenvalue weighted by molar-refractivity contribution is 0.0600. The number of nitriles is 3. The number of rotatable bonds is 2. The van der Waals surface area contributed by atoms with Crippen molar-refractivity contribution < 1.29 is 9.53 Å². The number of carbonyl (C=O) groups excluding carboxylic acids is 1. The van der Waals surface area contributed by atoms with Gasteiger partial charge in [-0.15, -0.1) is 0 Å². The third-order valence-electron chi connectivity index (χ3n) is 6.77. The van der Waals surface area contributed by atoms with Gasteiger partial charge < -0.3 is 10.5 Å². The molecule has 3 rings (SSSR count). The second kappa shape index (κ2) is 7.93. The Kier molecular flexibility index (Phi) is 5.66. The summed E-state index contributed by atoms with van der Waals surface area (Å²) in [5, 5.41) is 30.0. The maximum absolute atomic E-state index is 11.8. The number of nitrogens with zero attached hydrogens (tertiary/aromatic N) is 3. The third-order valence-corrected chi connectivity index (χ3v) is 6.77. The highest BCUT2D eigenvalue weighted by molar-refractivity contribution is 5.89. The Labute approximate surface area is 183 Å². The van der Waals surface area contributed by atoms with Gasteiger partial charge in [0.25, 0.3) is 0 Å². The van der Waals surface area contributed by atoms with E-state index in [1.54, 1.807) is 24.3 Å². The van der Waals surface area contributed by atoms with Crippen molar-refractivity contribution in [3.8, 4) is 18.2 Å². The second-order valence-corrected chi connectivity index (χ2v) is 9.30. The smallest absolute Gasteiger partial charge is 0.337 e. The van der Waals surface area contributed by atoms with Gasteiger partial charge in [-0.2, -0.15) is 15.8 Å². The minimum atomic E-state index is -1.62. The predicted molar refractivity (Wildman–Crippen MR) is 115 cm³/mol. The van der Waals surface area contributed by atoms with E-state index in [0.29, 0.717) is 17.1 Å². The fraction of sp³-hybridized carbons (Fsp3) is 0.440. The highest BCUT2D eigenvalue weighted by Crippen LogP contribution is 2.57. The minimum Gasteiger partial charge on any atom is -0.465 e. The fourth-order valence-corrected chi connectivity index (χ4v) is 4.88. The first-order valence-electron chi connectivity index (χ1n) is 10.3. The summed E-state index contributed by atoms with van der Waals surface area (Å²) in [6.45, 7) is 6.53. The number of benzene rings is 1. The Balaban J connectivity index is 2.23. The molecule has 1 aromatic carbocycles. The fourth-order valence-electron chi connectivity index (χ4n) is 4.88. The first-order valence-corrected chi connectivity index (χ1v) is 10.3. The molecule has 0 saturated heterocycles. The largest absolute Gasteiger partial charge is 0.465 e. The molecule has 1 aromatic rings. The van der Waals surface area contributed by atoms with E-state index >= 15 is 0 Å². The summed E-state index contributed by atoms with van der Waals surface area (Å²) in [7, 11) is 1.32. The second-order valence-electron chi connectivity index (χ2n) is 9.30. The molecule has 0 saturated carbocycles. The molecule has 0 heterocycles. The molecular weight excluding hydrogens is 388 g/mol. The molecule has 0 fully saturated rings. The summed E-state index contributed by atoms with van der Waals surface area (Å²) in [4.78, 5) is 11.8. The summed E-state index contributed by atoms with van der Waals surface area (Å²) >= 11 is 0. The van der Waals surface area contributed by atoms with Crippen molar-refractivity contribution in [2.75, 3.05) is 7.11 Å². The van der Waals surface area contributed by atoms with Crippen LogP contribution in [-0.2, 0) is 4.74 Å². The van der Waals surface area contributed by atoms with Crippen molar-refractivity contribution in [3.05, 3.63) is 58.3 Å². The summed E-state index contributed by atoms with van der Waals surface area (Å²) in [5.41, 5.74) is 6.94. The van der Waals surface area contributed by atoms with E-state index in [9.17, 15) is 20.6 Å². The van der Waals surface area contributed by atoms with Gasteiger partial charge in [-0.25, -0.2) is 4.79 Å². The molecule has 0 amide bonds. The first-order chi connectivity index (χ1) is 14.6. The van der Waals surface area contributed by atoms with Gasteiger partial charge >= 0.3 is 5.97 Å². The number of fused-ring (bicyclic) bond motifs is 1. The standard InChI is InChI=1S/C25H26N4O2/c1-24(2,3)17-9-10-20-18(11-17)21(15-5-7-16(8-6-15)23(30)31-4)19(12-26)22(29)25(20,13-27)14-28/h5-8,10,17-18,21H,9,11,29H2,1-4H3/t17-,18-,21+/m0/s1. The molecule has 0 bridgehead atoms. The van der Waals surface area contributed by atoms with Crippen LogP contribution in [0.5, 0.6) is 0 Å². The maximum Gasteiger partial charge on any atom is 0.337 e. The molecule has 2 aliphatic carbocycles. The molecule has 2 N–H and O–H groups in total. The van der Waals surface area contributed by atoms with Gasteiger partial charge in [-0.3, -0.25) is 0 Å². The Morgan fingerprint density at radius 3 is 2.26 bits per heavy atom. The molecule has 0 spiro atoms. The highest BCUT2D eigenvalue weighted by atomic mass is 16.5. The van der Waals surface area contributed by atoms with Crippen molar-refractivity contribution in [2.24, 2.45) is 28.4 Å². The van der Waals surface area contributed by atoms with E-state index in [4.69, 9.17) is 10.5 Å². The Morgan fingerprint density at radius 1 is 1.16 bits per heavy atom. The highest BCUT2D eigenvalue weighted by Gasteiger charge is 2.53. The molecule has 0 aliphatic heterocycles. The summed E-state index contributed by atoms with van der Waals surface area (Å²) < 4.78 is 4.77. The molecule has 0 aromatic heterocycles. The molecule has 2 aliphatic rings. The van der Waals surface area contributed by atoms with E-state index in [-0.39, 0.29) is 28.5 Å². The number of allylic oxidation sites excluding steroid dienone is 3. The average Bonchev–Trinajstić information content (AvgIpc) is 2.77. The monoisotopic (exact) mass is 414 g/mol.